The number of carbonyl (C=O) groups is 1. The van der Waals surface area contributed by atoms with Gasteiger partial charge < -0.3 is 5.32 Å². The number of anilines is 1. The molecule has 0 bridgehead atoms. The van der Waals surface area contributed by atoms with Crippen LogP contribution < -0.4 is 16.6 Å². The Kier molecular flexibility index (Phi) is 5.38. The van der Waals surface area contributed by atoms with E-state index in [1.165, 1.54) is 0 Å². The van der Waals surface area contributed by atoms with Gasteiger partial charge in [-0.3, -0.25) is 14.6 Å². The summed E-state index contributed by atoms with van der Waals surface area (Å²) in [6, 6.07) is 5.67. The number of nitrogens with one attached hydrogen (secondary N) is 3. The van der Waals surface area contributed by atoms with E-state index in [9.17, 15) is 14.4 Å². The van der Waals surface area contributed by atoms with Crippen molar-refractivity contribution in [3.05, 3.63) is 50.2 Å². The SMILES string of the molecule is CC[C@H](Sc1n[nH]c(=O)[nH]c1=O)C(=O)Nc1ccc(C)c(C)c1. The predicted octanol–water partition coefficient (Wildman–Crippen LogP) is 1.58. The average molecular weight is 334 g/mol. The number of carbonyl (C=O) groups excluding carboxylic acids is 1. The number of rotatable bonds is 5. The minimum absolute atomic E-state index is 0.0617. The fourth-order valence-corrected chi connectivity index (χ4v) is 2.77. The molecule has 0 saturated heterocycles. The normalized spacial score (nSPS) is 12.0. The average Bonchev–Trinajstić information content (AvgIpc) is 2.50. The second-order valence-corrected chi connectivity index (χ2v) is 6.31. The highest BCUT2D eigenvalue weighted by Gasteiger charge is 2.20. The Morgan fingerprint density at radius 2 is 2.04 bits per heavy atom. The van der Waals surface area contributed by atoms with Gasteiger partial charge in [-0.1, -0.05) is 24.8 Å². The Hall–Kier alpha value is -2.35. The van der Waals surface area contributed by atoms with E-state index >= 15 is 0 Å². The third-order valence-corrected chi connectivity index (χ3v) is 4.70. The van der Waals surface area contributed by atoms with Crippen molar-refractivity contribution in [1.82, 2.24) is 15.2 Å². The molecule has 7 nitrogen and oxygen atoms in total. The van der Waals surface area contributed by atoms with E-state index in [1.807, 2.05) is 39.0 Å². The molecule has 2 rings (SSSR count). The molecule has 0 fully saturated rings. The second kappa shape index (κ2) is 7.28. The molecular formula is C15H18N4O3S. The molecule has 3 N–H and O–H groups in total. The molecule has 1 amide bonds. The Morgan fingerprint density at radius 3 is 2.65 bits per heavy atom. The van der Waals surface area contributed by atoms with Crippen LogP contribution in [0.5, 0.6) is 0 Å². The van der Waals surface area contributed by atoms with Gasteiger partial charge in [-0.05, 0) is 43.5 Å². The molecule has 2 aromatic rings. The zero-order chi connectivity index (χ0) is 17.0. The minimum atomic E-state index is -0.674. The van der Waals surface area contributed by atoms with Gasteiger partial charge >= 0.3 is 5.69 Å². The van der Waals surface area contributed by atoms with Gasteiger partial charge in [0.05, 0.1) is 5.25 Å². The number of nitrogens with zero attached hydrogens (tertiary/aromatic N) is 1. The number of hydrogen-bond donors (Lipinski definition) is 3. The Bertz CT molecular complexity index is 828. The van der Waals surface area contributed by atoms with Crippen LogP contribution in [0.15, 0.2) is 32.8 Å². The highest BCUT2D eigenvalue weighted by Crippen LogP contribution is 2.22. The van der Waals surface area contributed by atoms with Crippen LogP contribution in [0, 0.1) is 13.8 Å². The summed E-state index contributed by atoms with van der Waals surface area (Å²) in [5, 5.41) is 8.25. The van der Waals surface area contributed by atoms with E-state index in [4.69, 9.17) is 0 Å². The first-order valence-corrected chi connectivity index (χ1v) is 8.02. The van der Waals surface area contributed by atoms with Gasteiger partial charge in [-0.2, -0.15) is 5.10 Å². The Balaban J connectivity index is 2.13. The summed E-state index contributed by atoms with van der Waals surface area (Å²) in [4.78, 5) is 37.1. The van der Waals surface area contributed by atoms with Crippen LogP contribution in [0.3, 0.4) is 0 Å². The molecule has 0 aliphatic rings. The van der Waals surface area contributed by atoms with Crippen molar-refractivity contribution in [2.75, 3.05) is 5.32 Å². The Labute approximate surface area is 136 Å². The molecular weight excluding hydrogens is 316 g/mol. The maximum atomic E-state index is 12.4. The van der Waals surface area contributed by atoms with Crippen LogP contribution in [0.1, 0.15) is 24.5 Å². The molecule has 8 heteroatoms. The number of thioether (sulfide) groups is 1. The van der Waals surface area contributed by atoms with Gasteiger partial charge in [-0.25, -0.2) is 9.89 Å². The van der Waals surface area contributed by atoms with E-state index in [0.717, 1.165) is 22.9 Å². The summed E-state index contributed by atoms with van der Waals surface area (Å²) >= 11 is 1.02. The lowest BCUT2D eigenvalue weighted by molar-refractivity contribution is -0.115. The van der Waals surface area contributed by atoms with Crippen LogP contribution in [0.4, 0.5) is 5.69 Å². The third-order valence-electron chi connectivity index (χ3n) is 3.37. The van der Waals surface area contributed by atoms with Crippen molar-refractivity contribution in [1.29, 1.82) is 0 Å². The molecule has 0 radical (unpaired) electrons. The molecule has 23 heavy (non-hydrogen) atoms. The second-order valence-electron chi connectivity index (χ2n) is 5.12. The van der Waals surface area contributed by atoms with Crippen molar-refractivity contribution in [2.24, 2.45) is 0 Å². The van der Waals surface area contributed by atoms with Gasteiger partial charge in [0, 0.05) is 5.69 Å². The quantitative estimate of drug-likeness (QED) is 0.720. The molecule has 1 heterocycles. The third kappa shape index (κ3) is 4.32. The number of benzene rings is 1. The lowest BCUT2D eigenvalue weighted by Crippen LogP contribution is -2.29. The van der Waals surface area contributed by atoms with E-state index in [2.05, 4.69) is 20.5 Å². The number of aromatic nitrogens is 3. The van der Waals surface area contributed by atoms with Gasteiger partial charge in [0.25, 0.3) is 5.56 Å². The molecule has 0 unspecified atom stereocenters. The molecule has 0 saturated carbocycles. The maximum Gasteiger partial charge on any atom is 0.342 e. The fraction of sp³-hybridized carbons (Fsp3) is 0.333. The fourth-order valence-electron chi connectivity index (χ4n) is 1.92. The van der Waals surface area contributed by atoms with Gasteiger partial charge in [0.2, 0.25) is 5.91 Å². The zero-order valence-electron chi connectivity index (χ0n) is 13.1. The summed E-state index contributed by atoms with van der Waals surface area (Å²) in [5.41, 5.74) is 1.67. The maximum absolute atomic E-state index is 12.4. The van der Waals surface area contributed by atoms with E-state index in [-0.39, 0.29) is 10.9 Å². The van der Waals surface area contributed by atoms with E-state index in [1.54, 1.807) is 0 Å². The molecule has 122 valence electrons. The van der Waals surface area contributed by atoms with Crippen molar-refractivity contribution >= 4 is 23.4 Å². The van der Waals surface area contributed by atoms with Crippen LogP contribution in [-0.2, 0) is 4.79 Å². The van der Waals surface area contributed by atoms with E-state index in [0.29, 0.717) is 12.1 Å². The molecule has 0 aliphatic heterocycles. The minimum Gasteiger partial charge on any atom is -0.325 e. The van der Waals surface area contributed by atoms with Gasteiger partial charge in [-0.15, -0.1) is 0 Å². The molecule has 1 aromatic carbocycles. The van der Waals surface area contributed by atoms with Crippen molar-refractivity contribution in [2.45, 2.75) is 37.5 Å². The first-order chi connectivity index (χ1) is 10.9. The number of aryl methyl sites for hydroxylation is 2. The van der Waals surface area contributed by atoms with Crippen LogP contribution in [-0.4, -0.2) is 26.3 Å². The highest BCUT2D eigenvalue weighted by atomic mass is 32.2. The summed E-state index contributed by atoms with van der Waals surface area (Å²) in [6.45, 7) is 5.82. The summed E-state index contributed by atoms with van der Waals surface area (Å²) in [7, 11) is 0. The van der Waals surface area contributed by atoms with Gasteiger partial charge in [0.15, 0.2) is 5.03 Å². The molecule has 1 aromatic heterocycles. The summed E-state index contributed by atoms with van der Waals surface area (Å²) in [5.74, 6) is -0.215. The number of aromatic amines is 2. The lowest BCUT2D eigenvalue weighted by Gasteiger charge is -2.14. The van der Waals surface area contributed by atoms with Crippen LogP contribution >= 0.6 is 11.8 Å². The first-order valence-electron chi connectivity index (χ1n) is 7.14. The Morgan fingerprint density at radius 1 is 1.30 bits per heavy atom. The molecule has 0 spiro atoms. The molecule has 1 atom stereocenters. The van der Waals surface area contributed by atoms with Crippen molar-refractivity contribution < 1.29 is 4.79 Å². The number of amides is 1. The highest BCUT2D eigenvalue weighted by molar-refractivity contribution is 8.00. The van der Waals surface area contributed by atoms with Crippen LogP contribution in [0.25, 0.3) is 0 Å². The first kappa shape index (κ1) is 17.0. The summed E-state index contributed by atoms with van der Waals surface area (Å²) in [6.07, 6.45) is 0.515. The topological polar surface area (TPSA) is 108 Å². The number of H-pyrrole nitrogens is 2. The monoisotopic (exact) mass is 334 g/mol. The lowest BCUT2D eigenvalue weighted by atomic mass is 10.1. The smallest absolute Gasteiger partial charge is 0.325 e. The molecule has 0 aliphatic carbocycles. The van der Waals surface area contributed by atoms with Crippen LogP contribution in [0.2, 0.25) is 0 Å². The summed E-state index contributed by atoms with van der Waals surface area (Å²) < 4.78 is 0. The number of hydrogen-bond acceptors (Lipinski definition) is 5. The van der Waals surface area contributed by atoms with E-state index < -0.39 is 16.5 Å². The van der Waals surface area contributed by atoms with Gasteiger partial charge in [0.1, 0.15) is 0 Å². The van der Waals surface area contributed by atoms with Crippen molar-refractivity contribution in [3.63, 3.8) is 0 Å². The predicted molar refractivity (Wildman–Crippen MR) is 90.0 cm³/mol. The zero-order valence-corrected chi connectivity index (χ0v) is 13.9. The van der Waals surface area contributed by atoms with Crippen molar-refractivity contribution in [3.8, 4) is 0 Å². The largest absolute Gasteiger partial charge is 0.342 e. The standard InChI is InChI=1S/C15H18N4O3S/c1-4-11(23-14-13(21)17-15(22)19-18-14)12(20)16-10-6-5-8(2)9(3)7-10/h5-7,11H,4H2,1-3H3,(H,16,20)(H2,17,19,21,22)/t11-/m0/s1.